The van der Waals surface area contributed by atoms with Gasteiger partial charge >= 0.3 is 0 Å². The molecule has 0 bridgehead atoms. The van der Waals surface area contributed by atoms with Crippen molar-refractivity contribution in [3.8, 4) is 32.8 Å². The Bertz CT molecular complexity index is 1080. The molecule has 5 heteroatoms. The Labute approximate surface area is 182 Å². The van der Waals surface area contributed by atoms with Crippen LogP contribution in [0.2, 0.25) is 0 Å². The molecule has 2 aromatic carbocycles. The normalized spacial score (nSPS) is 15.2. The Morgan fingerprint density at radius 1 is 1.30 bits per heavy atom. The summed E-state index contributed by atoms with van der Waals surface area (Å²) in [4.78, 5) is 5.86. The Balaban J connectivity index is 1.63. The molecule has 0 fully saturated rings. The molecular weight excluding hydrogens is 390 g/mol. The smallest absolute Gasteiger partial charge is 0.137 e. The van der Waals surface area contributed by atoms with E-state index in [1.165, 1.54) is 21.6 Å². The van der Waals surface area contributed by atoms with Crippen LogP contribution in [0.3, 0.4) is 0 Å². The van der Waals surface area contributed by atoms with Crippen LogP contribution < -0.4 is 10.1 Å². The summed E-state index contributed by atoms with van der Waals surface area (Å²) in [5.41, 5.74) is 5.66. The number of hydrogen-bond donors (Lipinski definition) is 1. The lowest BCUT2D eigenvalue weighted by atomic mass is 10.0. The van der Waals surface area contributed by atoms with Gasteiger partial charge in [0, 0.05) is 17.8 Å². The summed E-state index contributed by atoms with van der Waals surface area (Å²) >= 11 is 1.68. The molecular formula is C25H27N3OS. The molecule has 0 spiro atoms. The summed E-state index contributed by atoms with van der Waals surface area (Å²) in [5.74, 6) is 0.625. The summed E-state index contributed by atoms with van der Waals surface area (Å²) in [7, 11) is 0. The average Bonchev–Trinajstić information content (AvgIpc) is 3.39. The number of rotatable bonds is 7. The zero-order chi connectivity index (χ0) is 21.1. The number of nitrogens with zero attached hydrogens (tertiary/aromatic N) is 2. The van der Waals surface area contributed by atoms with E-state index in [0.717, 1.165) is 36.4 Å². The van der Waals surface area contributed by atoms with E-state index in [1.54, 1.807) is 11.3 Å². The van der Waals surface area contributed by atoms with Gasteiger partial charge < -0.3 is 10.1 Å². The molecule has 1 aromatic heterocycles. The lowest BCUT2D eigenvalue weighted by Crippen LogP contribution is -2.19. The van der Waals surface area contributed by atoms with Gasteiger partial charge in [0.05, 0.1) is 16.5 Å². The van der Waals surface area contributed by atoms with Crippen LogP contribution >= 0.6 is 11.3 Å². The van der Waals surface area contributed by atoms with E-state index >= 15 is 0 Å². The zero-order valence-corrected chi connectivity index (χ0v) is 18.6. The van der Waals surface area contributed by atoms with E-state index in [4.69, 9.17) is 4.74 Å². The van der Waals surface area contributed by atoms with Crippen molar-refractivity contribution in [2.45, 2.75) is 52.2 Å². The van der Waals surface area contributed by atoms with Gasteiger partial charge in [0.15, 0.2) is 0 Å². The van der Waals surface area contributed by atoms with Crippen LogP contribution in [0.4, 0.5) is 0 Å². The molecule has 1 N–H and O–H groups in total. The lowest BCUT2D eigenvalue weighted by Gasteiger charge is -2.14. The molecule has 4 nitrogen and oxygen atoms in total. The third kappa shape index (κ3) is 4.12. The minimum Gasteiger partial charge on any atom is -0.490 e. The molecule has 0 saturated heterocycles. The average molecular weight is 418 g/mol. The van der Waals surface area contributed by atoms with Gasteiger partial charge in [-0.05, 0) is 74.5 Å². The molecule has 30 heavy (non-hydrogen) atoms. The topological polar surface area (TPSA) is 57.9 Å². The number of hydrogen-bond acceptors (Lipinski definition) is 5. The van der Waals surface area contributed by atoms with Crippen molar-refractivity contribution < 1.29 is 4.74 Å². The van der Waals surface area contributed by atoms with Crippen molar-refractivity contribution in [2.75, 3.05) is 6.54 Å². The molecule has 0 saturated carbocycles. The highest BCUT2D eigenvalue weighted by Crippen LogP contribution is 2.41. The number of thiazole rings is 1. The number of nitrogens with one attached hydrogen (secondary N) is 1. The Morgan fingerprint density at radius 3 is 2.93 bits per heavy atom. The van der Waals surface area contributed by atoms with Crippen LogP contribution in [0.15, 0.2) is 42.6 Å². The second-order valence-electron chi connectivity index (χ2n) is 7.94. The molecule has 0 unspecified atom stereocenters. The van der Waals surface area contributed by atoms with Crippen LogP contribution in [0.5, 0.6) is 5.75 Å². The van der Waals surface area contributed by atoms with Crippen LogP contribution in [-0.4, -0.2) is 17.6 Å². The Morgan fingerprint density at radius 2 is 2.17 bits per heavy atom. The first-order chi connectivity index (χ1) is 14.6. The molecule has 1 aliphatic rings. The highest BCUT2D eigenvalue weighted by atomic mass is 32.1. The van der Waals surface area contributed by atoms with Crippen LogP contribution in [-0.2, 0) is 6.42 Å². The molecule has 1 aliphatic carbocycles. The summed E-state index contributed by atoms with van der Waals surface area (Å²) in [6.45, 7) is 7.18. The molecule has 154 valence electrons. The van der Waals surface area contributed by atoms with E-state index in [1.807, 2.05) is 38.2 Å². The SMILES string of the molecule is CCCN[C@@H]1CCc2c(-c3cnc(-c4ccc(OC(C)C)c(C#N)c4)s3)cccc21. The molecule has 0 amide bonds. The van der Waals surface area contributed by atoms with Gasteiger partial charge in [0.1, 0.15) is 16.8 Å². The highest BCUT2D eigenvalue weighted by molar-refractivity contribution is 7.18. The lowest BCUT2D eigenvalue weighted by molar-refractivity contribution is 0.242. The standard InChI is InChI=1S/C25H27N3OS/c1-4-12-27-22-10-9-19-20(22)6-5-7-21(19)24-15-28-25(30-24)17-8-11-23(29-16(2)3)18(13-17)14-26/h5-8,11,13,15-16,22,27H,4,9-10,12H2,1-3H3/t22-/m1/s1. The summed E-state index contributed by atoms with van der Waals surface area (Å²) in [6, 6.07) is 15.1. The third-order valence-electron chi connectivity index (χ3n) is 5.39. The first-order valence-corrected chi connectivity index (χ1v) is 11.4. The van der Waals surface area contributed by atoms with Crippen LogP contribution in [0.25, 0.3) is 21.0 Å². The predicted octanol–water partition coefficient (Wildman–Crippen LogP) is 6.12. The fraction of sp³-hybridized carbons (Fsp3) is 0.360. The van der Waals surface area contributed by atoms with Gasteiger partial charge in [-0.15, -0.1) is 11.3 Å². The zero-order valence-electron chi connectivity index (χ0n) is 17.7. The number of ether oxygens (including phenoxy) is 1. The highest BCUT2D eigenvalue weighted by Gasteiger charge is 2.25. The van der Waals surface area contributed by atoms with Gasteiger partial charge in [0.25, 0.3) is 0 Å². The van der Waals surface area contributed by atoms with E-state index in [0.29, 0.717) is 17.4 Å². The van der Waals surface area contributed by atoms with Gasteiger partial charge in [0.2, 0.25) is 0 Å². The van der Waals surface area contributed by atoms with E-state index in [-0.39, 0.29) is 6.10 Å². The number of fused-ring (bicyclic) bond motifs is 1. The van der Waals surface area contributed by atoms with Gasteiger partial charge in [-0.1, -0.05) is 25.1 Å². The maximum absolute atomic E-state index is 9.53. The monoisotopic (exact) mass is 417 g/mol. The van der Waals surface area contributed by atoms with E-state index < -0.39 is 0 Å². The maximum Gasteiger partial charge on any atom is 0.137 e. The summed E-state index contributed by atoms with van der Waals surface area (Å²) in [5, 5.41) is 14.1. The molecule has 0 aliphatic heterocycles. The first-order valence-electron chi connectivity index (χ1n) is 10.6. The van der Waals surface area contributed by atoms with E-state index in [9.17, 15) is 5.26 Å². The first kappa shape index (κ1) is 20.6. The van der Waals surface area contributed by atoms with Crippen LogP contribution in [0, 0.1) is 11.3 Å². The third-order valence-corrected chi connectivity index (χ3v) is 6.47. The minimum absolute atomic E-state index is 0.0326. The largest absolute Gasteiger partial charge is 0.490 e. The summed E-state index contributed by atoms with van der Waals surface area (Å²) in [6.07, 6.45) is 5.40. The van der Waals surface area contributed by atoms with Crippen molar-refractivity contribution in [1.29, 1.82) is 5.26 Å². The van der Waals surface area contributed by atoms with Gasteiger partial charge in [-0.2, -0.15) is 5.26 Å². The van der Waals surface area contributed by atoms with Crippen molar-refractivity contribution in [1.82, 2.24) is 10.3 Å². The maximum atomic E-state index is 9.53. The Kier molecular flexibility index (Phi) is 6.17. The Hall–Kier alpha value is -2.68. The minimum atomic E-state index is 0.0326. The molecule has 0 radical (unpaired) electrons. The number of nitriles is 1. The van der Waals surface area contributed by atoms with E-state index in [2.05, 4.69) is 41.5 Å². The predicted molar refractivity (Wildman–Crippen MR) is 123 cm³/mol. The van der Waals surface area contributed by atoms with Crippen molar-refractivity contribution >= 4 is 11.3 Å². The number of aromatic nitrogens is 1. The molecule has 1 heterocycles. The quantitative estimate of drug-likeness (QED) is 0.503. The fourth-order valence-corrected chi connectivity index (χ4v) is 5.02. The summed E-state index contributed by atoms with van der Waals surface area (Å²) < 4.78 is 5.74. The number of benzene rings is 2. The second-order valence-corrected chi connectivity index (χ2v) is 8.97. The van der Waals surface area contributed by atoms with Gasteiger partial charge in [-0.25, -0.2) is 4.98 Å². The van der Waals surface area contributed by atoms with Crippen molar-refractivity contribution in [3.05, 3.63) is 59.3 Å². The molecule has 1 atom stereocenters. The van der Waals surface area contributed by atoms with Crippen molar-refractivity contribution in [3.63, 3.8) is 0 Å². The second kappa shape index (κ2) is 8.99. The molecule has 3 aromatic rings. The van der Waals surface area contributed by atoms with Crippen LogP contribution in [0.1, 0.15) is 56.3 Å². The van der Waals surface area contributed by atoms with Gasteiger partial charge in [-0.3, -0.25) is 0 Å². The van der Waals surface area contributed by atoms with Crippen molar-refractivity contribution in [2.24, 2.45) is 0 Å². The molecule has 4 rings (SSSR count). The fourth-order valence-electron chi connectivity index (χ4n) is 4.05.